The SMILES string of the molecule is COc1ccccc1C(=O)NNC(=O)c1cc(C(F)(F)F)nn1-c1csc(CNC(=O)[C@H](C)NB(C)O)c1. The monoisotopic (exact) mass is 552 g/mol. The fourth-order valence-corrected chi connectivity index (χ4v) is 4.08. The van der Waals surface area contributed by atoms with Crippen LogP contribution in [0.1, 0.15) is 38.3 Å². The number of alkyl halides is 3. The summed E-state index contributed by atoms with van der Waals surface area (Å²) >= 11 is 1.13. The van der Waals surface area contributed by atoms with Gasteiger partial charge in [-0.25, -0.2) is 4.68 Å². The molecule has 5 N–H and O–H groups in total. The third-order valence-electron chi connectivity index (χ3n) is 5.08. The smallest absolute Gasteiger partial charge is 0.435 e. The van der Waals surface area contributed by atoms with Gasteiger partial charge in [0.2, 0.25) is 5.91 Å². The van der Waals surface area contributed by atoms with Crippen molar-refractivity contribution in [1.82, 2.24) is 31.2 Å². The van der Waals surface area contributed by atoms with Crippen molar-refractivity contribution in [2.45, 2.75) is 32.5 Å². The molecule has 0 fully saturated rings. The van der Waals surface area contributed by atoms with Gasteiger partial charge >= 0.3 is 13.2 Å². The van der Waals surface area contributed by atoms with Crippen LogP contribution in [0, 0.1) is 0 Å². The van der Waals surface area contributed by atoms with Gasteiger partial charge in [0, 0.05) is 16.3 Å². The first kappa shape index (κ1) is 28.7. The van der Waals surface area contributed by atoms with Gasteiger partial charge in [-0.1, -0.05) is 12.1 Å². The zero-order chi connectivity index (χ0) is 28.0. The van der Waals surface area contributed by atoms with Crippen molar-refractivity contribution in [2.24, 2.45) is 0 Å². The van der Waals surface area contributed by atoms with E-state index in [9.17, 15) is 32.6 Å². The van der Waals surface area contributed by atoms with Gasteiger partial charge in [-0.05, 0) is 31.9 Å². The highest BCUT2D eigenvalue weighted by molar-refractivity contribution is 7.10. The number of rotatable bonds is 9. The number of nitrogens with one attached hydrogen (secondary N) is 4. The number of benzene rings is 1. The maximum Gasteiger partial charge on any atom is 0.435 e. The van der Waals surface area contributed by atoms with Crippen LogP contribution in [0.3, 0.4) is 0 Å². The van der Waals surface area contributed by atoms with Crippen molar-refractivity contribution in [2.75, 3.05) is 7.11 Å². The van der Waals surface area contributed by atoms with E-state index in [-0.39, 0.29) is 23.5 Å². The summed E-state index contributed by atoms with van der Waals surface area (Å²) in [6, 6.07) is 7.53. The zero-order valence-electron chi connectivity index (χ0n) is 20.4. The topological polar surface area (TPSA) is 147 Å². The third kappa shape index (κ3) is 7.11. The summed E-state index contributed by atoms with van der Waals surface area (Å²) in [5.74, 6) is -1.95. The van der Waals surface area contributed by atoms with Crippen molar-refractivity contribution in [3.8, 4) is 11.4 Å². The molecule has 0 unspecified atom stereocenters. The molecule has 3 rings (SSSR count). The molecule has 3 aromatic rings. The molecule has 0 radical (unpaired) electrons. The van der Waals surface area contributed by atoms with E-state index in [2.05, 4.69) is 26.5 Å². The lowest BCUT2D eigenvalue weighted by molar-refractivity contribution is -0.141. The Morgan fingerprint density at radius 2 is 1.87 bits per heavy atom. The highest BCUT2D eigenvalue weighted by Crippen LogP contribution is 2.30. The van der Waals surface area contributed by atoms with Gasteiger partial charge in [-0.2, -0.15) is 18.3 Å². The minimum atomic E-state index is -4.83. The number of carbonyl (C=O) groups excluding carboxylic acids is 3. The number of nitrogens with zero attached hydrogens (tertiary/aromatic N) is 2. The Morgan fingerprint density at radius 3 is 2.53 bits per heavy atom. The second-order valence-corrected chi connectivity index (χ2v) is 8.98. The van der Waals surface area contributed by atoms with Crippen LogP contribution in [0.25, 0.3) is 5.69 Å². The molecular formula is C22H24BF3N6O5S. The summed E-state index contributed by atoms with van der Waals surface area (Å²) in [6.07, 6.45) is -4.83. The minimum Gasteiger partial charge on any atom is -0.496 e. The Balaban J connectivity index is 1.77. The standard InChI is InChI=1S/C22H24BF3N6O5S/c1-12(28-23(2)36)19(33)27-10-14-8-13(11-38-14)32-16(9-18(31-32)22(24,25)26)21(35)30-29-20(34)15-6-4-5-7-17(15)37-3/h4-9,11-12,28,36H,10H2,1-3H3,(H,27,33)(H,29,34)(H,30,35)/t12-/m0/s1. The molecule has 0 saturated carbocycles. The van der Waals surface area contributed by atoms with Gasteiger partial charge in [0.25, 0.3) is 11.8 Å². The maximum atomic E-state index is 13.4. The fourth-order valence-electron chi connectivity index (χ4n) is 3.29. The zero-order valence-corrected chi connectivity index (χ0v) is 21.2. The molecule has 0 aliphatic rings. The average Bonchev–Trinajstić information content (AvgIpc) is 3.52. The van der Waals surface area contributed by atoms with E-state index in [1.165, 1.54) is 37.5 Å². The van der Waals surface area contributed by atoms with Gasteiger partial charge in [0.15, 0.2) is 5.69 Å². The van der Waals surface area contributed by atoms with Crippen molar-refractivity contribution >= 4 is 36.1 Å². The Hall–Kier alpha value is -3.89. The predicted octanol–water partition coefficient (Wildman–Crippen LogP) is 1.74. The van der Waals surface area contributed by atoms with Crippen LogP contribution in [0.5, 0.6) is 5.75 Å². The highest BCUT2D eigenvalue weighted by atomic mass is 32.1. The quantitative estimate of drug-likeness (QED) is 0.201. The maximum absolute atomic E-state index is 13.4. The molecule has 0 aliphatic heterocycles. The predicted molar refractivity (Wildman–Crippen MR) is 133 cm³/mol. The number of hydrogen-bond acceptors (Lipinski definition) is 8. The number of halogens is 3. The minimum absolute atomic E-state index is 0.0548. The highest BCUT2D eigenvalue weighted by Gasteiger charge is 2.36. The number of hydrazine groups is 1. The molecule has 0 saturated heterocycles. The number of thiophene rings is 1. The van der Waals surface area contributed by atoms with Crippen LogP contribution in [-0.2, 0) is 17.5 Å². The van der Waals surface area contributed by atoms with Crippen LogP contribution in [0.15, 0.2) is 41.8 Å². The Kier molecular flexibility index (Phi) is 9.14. The summed E-state index contributed by atoms with van der Waals surface area (Å²) in [7, 11) is 0.464. The Morgan fingerprint density at radius 1 is 1.18 bits per heavy atom. The van der Waals surface area contributed by atoms with Gasteiger partial charge in [0.05, 0.1) is 30.9 Å². The first-order valence-corrected chi connectivity index (χ1v) is 12.0. The first-order chi connectivity index (χ1) is 17.9. The summed E-state index contributed by atoms with van der Waals surface area (Å²) in [5, 5.41) is 19.6. The third-order valence-corrected chi connectivity index (χ3v) is 6.00. The molecule has 2 aromatic heterocycles. The molecule has 202 valence electrons. The fraction of sp³-hybridized carbons (Fsp3) is 0.273. The van der Waals surface area contributed by atoms with Crippen molar-refractivity contribution in [1.29, 1.82) is 0 Å². The van der Waals surface area contributed by atoms with Gasteiger partial charge in [-0.15, -0.1) is 11.3 Å². The normalized spacial score (nSPS) is 12.0. The van der Waals surface area contributed by atoms with Crippen LogP contribution < -0.4 is 26.1 Å². The van der Waals surface area contributed by atoms with E-state index in [0.717, 1.165) is 16.0 Å². The van der Waals surface area contributed by atoms with E-state index >= 15 is 0 Å². The number of para-hydroxylation sites is 1. The Labute approximate surface area is 219 Å². The molecule has 2 heterocycles. The molecular weight excluding hydrogens is 528 g/mol. The van der Waals surface area contributed by atoms with Crippen LogP contribution >= 0.6 is 11.3 Å². The lowest BCUT2D eigenvalue weighted by Gasteiger charge is -2.13. The number of hydrogen-bond donors (Lipinski definition) is 5. The molecule has 0 aliphatic carbocycles. The number of ether oxygens (including phenoxy) is 1. The number of aromatic nitrogens is 2. The lowest BCUT2D eigenvalue weighted by atomic mass is 9.87. The number of methoxy groups -OCH3 is 1. The van der Waals surface area contributed by atoms with E-state index in [4.69, 9.17) is 4.74 Å². The second kappa shape index (κ2) is 12.1. The van der Waals surface area contributed by atoms with E-state index < -0.39 is 48.4 Å². The molecule has 0 bridgehead atoms. The summed E-state index contributed by atoms with van der Waals surface area (Å²) in [6.45, 7) is 3.08. The number of amides is 3. The van der Waals surface area contributed by atoms with E-state index in [1.807, 2.05) is 0 Å². The van der Waals surface area contributed by atoms with Crippen molar-refractivity contribution in [3.05, 3.63) is 63.6 Å². The molecule has 38 heavy (non-hydrogen) atoms. The van der Waals surface area contributed by atoms with Crippen LogP contribution in [0.4, 0.5) is 13.2 Å². The Bertz CT molecular complexity index is 1310. The first-order valence-electron chi connectivity index (χ1n) is 11.1. The molecule has 1 atom stereocenters. The molecule has 16 heteroatoms. The molecule has 11 nitrogen and oxygen atoms in total. The average molecular weight is 552 g/mol. The van der Waals surface area contributed by atoms with Gasteiger partial charge < -0.3 is 20.3 Å². The molecule has 0 spiro atoms. The van der Waals surface area contributed by atoms with Crippen molar-refractivity contribution in [3.63, 3.8) is 0 Å². The summed E-state index contributed by atoms with van der Waals surface area (Å²) < 4.78 is 46.1. The largest absolute Gasteiger partial charge is 0.496 e. The van der Waals surface area contributed by atoms with Crippen LogP contribution in [0.2, 0.25) is 6.82 Å². The number of carbonyl (C=O) groups is 3. The van der Waals surface area contributed by atoms with Gasteiger partial charge in [0.1, 0.15) is 11.4 Å². The van der Waals surface area contributed by atoms with Crippen molar-refractivity contribution < 1.29 is 37.3 Å². The van der Waals surface area contributed by atoms with E-state index in [1.54, 1.807) is 19.1 Å². The second-order valence-electron chi connectivity index (χ2n) is 7.99. The summed E-state index contributed by atoms with van der Waals surface area (Å²) in [4.78, 5) is 37.9. The van der Waals surface area contributed by atoms with Gasteiger partial charge in [-0.3, -0.25) is 25.2 Å². The van der Waals surface area contributed by atoms with E-state index in [0.29, 0.717) is 10.9 Å². The molecule has 3 amide bonds. The molecule has 1 aromatic carbocycles. The van der Waals surface area contributed by atoms with Crippen LogP contribution in [-0.4, -0.2) is 52.7 Å². The lowest BCUT2D eigenvalue weighted by Crippen LogP contribution is -2.47. The summed E-state index contributed by atoms with van der Waals surface area (Å²) in [5.41, 5.74) is 2.70.